The smallest absolute Gasteiger partial charge is 0.462 e. The Morgan fingerprint density at radius 2 is 0.500 bits per heavy atom. The third-order valence-corrected chi connectivity index (χ3v) is 21.7. The largest absolute Gasteiger partial charge is 0.472 e. The lowest BCUT2D eigenvalue weighted by Crippen LogP contribution is -2.30. The molecule has 0 saturated heterocycles. The van der Waals surface area contributed by atoms with E-state index in [-0.39, 0.29) is 25.7 Å². The van der Waals surface area contributed by atoms with Crippen molar-refractivity contribution in [1.82, 2.24) is 0 Å². The first-order valence-corrected chi connectivity index (χ1v) is 46.0. The van der Waals surface area contributed by atoms with E-state index < -0.39 is 97.5 Å². The van der Waals surface area contributed by atoms with Crippen molar-refractivity contribution in [3.8, 4) is 0 Å². The highest BCUT2D eigenvalue weighted by molar-refractivity contribution is 7.47. The second-order valence-electron chi connectivity index (χ2n) is 30.6. The Balaban J connectivity index is 5.17. The van der Waals surface area contributed by atoms with E-state index in [1.54, 1.807) is 0 Å². The van der Waals surface area contributed by atoms with Crippen molar-refractivity contribution in [3.05, 3.63) is 0 Å². The zero-order valence-electron chi connectivity index (χ0n) is 66.9. The first-order valence-electron chi connectivity index (χ1n) is 43.0. The summed E-state index contributed by atoms with van der Waals surface area (Å²) in [7, 11) is -9.92. The molecule has 6 atom stereocenters. The Bertz CT molecular complexity index is 1960. The lowest BCUT2D eigenvalue weighted by atomic mass is 9.99. The highest BCUT2D eigenvalue weighted by Gasteiger charge is 2.30. The monoisotopic (exact) mass is 1490 g/mol. The third kappa shape index (κ3) is 74.9. The van der Waals surface area contributed by atoms with Crippen LogP contribution in [0.15, 0.2) is 0 Å². The molecule has 0 aliphatic carbocycles. The van der Waals surface area contributed by atoms with Gasteiger partial charge in [0, 0.05) is 25.7 Å². The molecule has 3 unspecified atom stereocenters. The van der Waals surface area contributed by atoms with E-state index in [9.17, 15) is 43.2 Å². The molecule has 0 aliphatic heterocycles. The van der Waals surface area contributed by atoms with Crippen molar-refractivity contribution in [3.63, 3.8) is 0 Å². The van der Waals surface area contributed by atoms with Crippen LogP contribution >= 0.6 is 15.6 Å². The average molecular weight is 1490 g/mol. The number of phosphoric acid groups is 2. The molecule has 0 aromatic rings. The summed E-state index contributed by atoms with van der Waals surface area (Å²) in [5.41, 5.74) is 0. The molecule has 0 amide bonds. The summed E-state index contributed by atoms with van der Waals surface area (Å²) in [6.07, 6.45) is 65.5. The van der Waals surface area contributed by atoms with Crippen LogP contribution in [-0.4, -0.2) is 96.7 Å². The quantitative estimate of drug-likeness (QED) is 0.0222. The number of rotatable bonds is 82. The fourth-order valence-corrected chi connectivity index (χ4v) is 14.4. The summed E-state index contributed by atoms with van der Waals surface area (Å²) in [4.78, 5) is 72.9. The minimum Gasteiger partial charge on any atom is -0.462 e. The van der Waals surface area contributed by atoms with Crippen LogP contribution in [0, 0.1) is 11.8 Å². The normalized spacial score (nSPS) is 14.1. The van der Waals surface area contributed by atoms with Crippen LogP contribution in [0.3, 0.4) is 0 Å². The van der Waals surface area contributed by atoms with E-state index in [0.29, 0.717) is 25.7 Å². The number of carbonyl (C=O) groups excluding carboxylic acids is 4. The summed E-state index contributed by atoms with van der Waals surface area (Å²) in [6, 6.07) is 0. The molecular weight excluding hydrogens is 1330 g/mol. The molecule has 0 aliphatic rings. The number of aliphatic hydroxyl groups excluding tert-OH is 1. The molecule has 0 rings (SSSR count). The van der Waals surface area contributed by atoms with Gasteiger partial charge in [-0.2, -0.15) is 0 Å². The maximum atomic E-state index is 13.1. The molecule has 0 spiro atoms. The van der Waals surface area contributed by atoms with E-state index >= 15 is 0 Å². The van der Waals surface area contributed by atoms with E-state index in [4.69, 9.17) is 37.0 Å². The number of phosphoric ester groups is 2. The summed E-state index contributed by atoms with van der Waals surface area (Å²) < 4.78 is 68.7. The number of esters is 4. The van der Waals surface area contributed by atoms with Crippen molar-refractivity contribution < 1.29 is 80.2 Å². The SMILES string of the molecule is CCCCCCCCCCCCCCCCCCCCCCCC(=O)OC[C@H](COP(=O)(O)OC[C@@H](O)COP(=O)(O)OC[C@@H](COC(=O)CCCCCCCCCC)OC(=O)CCCCCCCCCCC(C)CC)OC(=O)CCCCCCCCCCCCCCCCCCCCC(C)C. The van der Waals surface area contributed by atoms with Gasteiger partial charge in [0.05, 0.1) is 26.4 Å². The maximum Gasteiger partial charge on any atom is 0.472 e. The number of hydrogen-bond acceptors (Lipinski definition) is 15. The van der Waals surface area contributed by atoms with Gasteiger partial charge in [-0.25, -0.2) is 9.13 Å². The third-order valence-electron chi connectivity index (χ3n) is 19.8. The van der Waals surface area contributed by atoms with Crippen LogP contribution < -0.4 is 0 Å². The summed E-state index contributed by atoms with van der Waals surface area (Å²) in [5.74, 6) is -0.522. The van der Waals surface area contributed by atoms with E-state index in [2.05, 4.69) is 41.5 Å². The van der Waals surface area contributed by atoms with Gasteiger partial charge in [-0.15, -0.1) is 0 Å². The molecule has 606 valence electrons. The molecule has 0 radical (unpaired) electrons. The minimum absolute atomic E-state index is 0.105. The molecule has 0 bridgehead atoms. The van der Waals surface area contributed by atoms with Gasteiger partial charge < -0.3 is 33.8 Å². The van der Waals surface area contributed by atoms with Gasteiger partial charge in [0.15, 0.2) is 12.2 Å². The second kappa shape index (κ2) is 74.5. The number of hydrogen-bond donors (Lipinski definition) is 3. The zero-order valence-corrected chi connectivity index (χ0v) is 68.7. The molecule has 17 nitrogen and oxygen atoms in total. The van der Waals surface area contributed by atoms with Gasteiger partial charge in [0.2, 0.25) is 0 Å². The standard InChI is InChI=1S/C83H162O17P2/c1-7-10-12-14-16-18-19-20-21-22-23-24-25-29-32-35-38-41-48-54-60-66-81(86)94-72-79(99-82(87)67-61-55-49-42-39-36-33-30-27-26-28-31-34-37-40-45-51-57-63-75(4)5)74-98-102(91,92)96-70-77(84)69-95-101(89,90)97-73-78(71-93-80(85)65-59-53-47-17-15-13-11-8-2)100-83(88)68-62-56-50-44-43-46-52-58-64-76(6)9-3/h75-79,84H,7-74H2,1-6H3,(H,89,90)(H,91,92)/t76?,77-,78+,79+/m0/s1. The van der Waals surface area contributed by atoms with Crippen LogP contribution in [0.5, 0.6) is 0 Å². The average Bonchev–Trinajstić information content (AvgIpc) is 0.915. The predicted octanol–water partition coefficient (Wildman–Crippen LogP) is 25.1. The fraction of sp³-hybridized carbons (Fsp3) is 0.952. The van der Waals surface area contributed by atoms with Gasteiger partial charge in [0.25, 0.3) is 0 Å². The minimum atomic E-state index is -4.96. The Hall–Kier alpha value is -1.94. The molecule has 3 N–H and O–H groups in total. The Labute approximate surface area is 626 Å². The second-order valence-corrected chi connectivity index (χ2v) is 33.5. The predicted molar refractivity (Wildman–Crippen MR) is 418 cm³/mol. The molecule has 0 aromatic heterocycles. The van der Waals surface area contributed by atoms with Crippen molar-refractivity contribution in [2.45, 2.75) is 458 Å². The van der Waals surface area contributed by atoms with Crippen LogP contribution in [0.2, 0.25) is 0 Å². The molecule has 0 aromatic carbocycles. The van der Waals surface area contributed by atoms with Gasteiger partial charge in [0.1, 0.15) is 19.3 Å². The number of unbranched alkanes of at least 4 members (excludes halogenated alkanes) is 51. The number of ether oxygens (including phenoxy) is 4. The van der Waals surface area contributed by atoms with Gasteiger partial charge >= 0.3 is 39.5 Å². The lowest BCUT2D eigenvalue weighted by molar-refractivity contribution is -0.161. The van der Waals surface area contributed by atoms with Gasteiger partial charge in [-0.3, -0.25) is 37.3 Å². The van der Waals surface area contributed by atoms with E-state index in [1.165, 1.54) is 250 Å². The number of carbonyl (C=O) groups is 4. The van der Waals surface area contributed by atoms with Crippen LogP contribution in [-0.2, 0) is 65.4 Å². The van der Waals surface area contributed by atoms with Crippen molar-refractivity contribution in [1.29, 1.82) is 0 Å². The van der Waals surface area contributed by atoms with Crippen LogP contribution in [0.1, 0.15) is 440 Å². The van der Waals surface area contributed by atoms with Crippen molar-refractivity contribution in [2.24, 2.45) is 11.8 Å². The van der Waals surface area contributed by atoms with E-state index in [1.807, 2.05) is 0 Å². The molecule has 0 fully saturated rings. The summed E-state index contributed by atoms with van der Waals surface area (Å²) >= 11 is 0. The Morgan fingerprint density at radius 3 is 0.745 bits per heavy atom. The van der Waals surface area contributed by atoms with Crippen LogP contribution in [0.25, 0.3) is 0 Å². The number of aliphatic hydroxyl groups is 1. The summed E-state index contributed by atoms with van der Waals surface area (Å²) in [5, 5.41) is 10.6. The first-order chi connectivity index (χ1) is 49.4. The van der Waals surface area contributed by atoms with Crippen LogP contribution in [0.4, 0.5) is 0 Å². The maximum absolute atomic E-state index is 13.1. The Kier molecular flexibility index (Phi) is 73.1. The summed E-state index contributed by atoms with van der Waals surface area (Å²) in [6.45, 7) is 9.64. The molecule has 0 saturated carbocycles. The van der Waals surface area contributed by atoms with Crippen molar-refractivity contribution in [2.75, 3.05) is 39.6 Å². The lowest BCUT2D eigenvalue weighted by Gasteiger charge is -2.21. The molecule has 19 heteroatoms. The highest BCUT2D eigenvalue weighted by Crippen LogP contribution is 2.45. The fourth-order valence-electron chi connectivity index (χ4n) is 12.9. The highest BCUT2D eigenvalue weighted by atomic mass is 31.2. The van der Waals surface area contributed by atoms with Gasteiger partial charge in [-0.05, 0) is 37.5 Å². The van der Waals surface area contributed by atoms with Gasteiger partial charge in [-0.1, -0.05) is 388 Å². The molecule has 102 heavy (non-hydrogen) atoms. The molecular formula is C83H162O17P2. The Morgan fingerprint density at radius 1 is 0.284 bits per heavy atom. The van der Waals surface area contributed by atoms with Crippen molar-refractivity contribution >= 4 is 39.5 Å². The topological polar surface area (TPSA) is 237 Å². The first kappa shape index (κ1) is 100. The zero-order chi connectivity index (χ0) is 74.9. The molecule has 0 heterocycles. The van der Waals surface area contributed by atoms with E-state index in [0.717, 1.165) is 108 Å².